The van der Waals surface area contributed by atoms with Crippen LogP contribution in [-0.2, 0) is 17.8 Å². The minimum atomic E-state index is -0.895. The molecule has 0 aliphatic rings. The molecule has 0 aliphatic heterocycles. The number of nitro groups is 1. The van der Waals surface area contributed by atoms with E-state index in [1.54, 1.807) is 10.6 Å². The van der Waals surface area contributed by atoms with Crippen molar-refractivity contribution >= 4 is 58.7 Å². The summed E-state index contributed by atoms with van der Waals surface area (Å²) in [6.07, 6.45) is 4.01. The number of carboxylic acid groups (broad SMARTS) is 1. The summed E-state index contributed by atoms with van der Waals surface area (Å²) in [7, 11) is 0. The summed E-state index contributed by atoms with van der Waals surface area (Å²) in [5, 5.41) is 36.0. The Labute approximate surface area is 183 Å². The lowest BCUT2D eigenvalue weighted by Gasteiger charge is -2.04. The molecule has 0 amide bonds. The average Bonchev–Trinajstić information content (AvgIpc) is 3.34. The van der Waals surface area contributed by atoms with Crippen molar-refractivity contribution in [1.29, 1.82) is 0 Å². The number of aromatic nitrogens is 2. The van der Waals surface area contributed by atoms with E-state index in [1.165, 1.54) is 35.7 Å². The lowest BCUT2D eigenvalue weighted by Crippen LogP contribution is -2.01. The van der Waals surface area contributed by atoms with Crippen LogP contribution in [0.25, 0.3) is 12.2 Å². The van der Waals surface area contributed by atoms with Crippen LogP contribution in [-0.4, -0.2) is 30.8 Å². The SMILES string of the molecule is Cc1noc(C=Cc2sccc2Cc2sc(=S)n(CCCC(=O)O)c2O)c1[N+](=O)[O-]. The number of thiazole rings is 1. The van der Waals surface area contributed by atoms with E-state index in [0.717, 1.165) is 10.4 Å². The van der Waals surface area contributed by atoms with Gasteiger partial charge in [0.1, 0.15) is 0 Å². The molecule has 3 aromatic rings. The standard InChI is InChI=1S/C18H17N3O6S3/c1-10-16(21(25)26)12(27-19-10)4-5-13-11(6-8-29-13)9-14-17(24)20(18(28)30-14)7-2-3-15(22)23/h4-6,8,24H,2-3,7,9H2,1H3,(H,22,23). The summed E-state index contributed by atoms with van der Waals surface area (Å²) >= 11 is 8.03. The van der Waals surface area contributed by atoms with Gasteiger partial charge in [0, 0.05) is 24.3 Å². The van der Waals surface area contributed by atoms with Crippen molar-refractivity contribution in [3.8, 4) is 5.88 Å². The van der Waals surface area contributed by atoms with Crippen LogP contribution in [0, 0.1) is 21.0 Å². The maximum Gasteiger partial charge on any atom is 0.338 e. The van der Waals surface area contributed by atoms with Crippen molar-refractivity contribution in [2.24, 2.45) is 0 Å². The Balaban J connectivity index is 1.79. The number of rotatable bonds is 9. The van der Waals surface area contributed by atoms with Crippen LogP contribution >= 0.6 is 34.9 Å². The van der Waals surface area contributed by atoms with Crippen molar-refractivity contribution in [2.45, 2.75) is 32.7 Å². The number of carboxylic acids is 1. The zero-order chi connectivity index (χ0) is 21.8. The van der Waals surface area contributed by atoms with Crippen LogP contribution in [0.1, 0.15) is 39.6 Å². The maximum absolute atomic E-state index is 11.2. The summed E-state index contributed by atoms with van der Waals surface area (Å²) in [5.41, 5.74) is 0.956. The molecule has 0 unspecified atom stereocenters. The number of aromatic hydroxyl groups is 1. The zero-order valence-electron chi connectivity index (χ0n) is 15.7. The maximum atomic E-state index is 11.2. The molecule has 0 bridgehead atoms. The molecule has 0 fully saturated rings. The summed E-state index contributed by atoms with van der Waals surface area (Å²) in [4.78, 5) is 22.8. The second-order valence-electron chi connectivity index (χ2n) is 6.32. The Morgan fingerprint density at radius 3 is 2.93 bits per heavy atom. The highest BCUT2D eigenvalue weighted by Crippen LogP contribution is 2.32. The molecule has 3 heterocycles. The highest BCUT2D eigenvalue weighted by Gasteiger charge is 2.22. The molecule has 2 N–H and O–H groups in total. The second kappa shape index (κ2) is 9.32. The molecular formula is C18H17N3O6S3. The van der Waals surface area contributed by atoms with Gasteiger partial charge in [-0.15, -0.1) is 22.7 Å². The lowest BCUT2D eigenvalue weighted by molar-refractivity contribution is -0.386. The summed E-state index contributed by atoms with van der Waals surface area (Å²) in [6, 6.07) is 1.90. The number of hydrogen-bond acceptors (Lipinski definition) is 9. The van der Waals surface area contributed by atoms with Gasteiger partial charge in [0.15, 0.2) is 9.65 Å². The van der Waals surface area contributed by atoms with E-state index in [-0.39, 0.29) is 29.4 Å². The normalized spacial score (nSPS) is 11.4. The van der Waals surface area contributed by atoms with Crippen LogP contribution in [0.4, 0.5) is 5.69 Å². The van der Waals surface area contributed by atoms with Crippen molar-refractivity contribution in [2.75, 3.05) is 0 Å². The highest BCUT2D eigenvalue weighted by atomic mass is 32.1. The molecule has 0 aromatic carbocycles. The molecule has 12 heteroatoms. The van der Waals surface area contributed by atoms with Gasteiger partial charge in [0.2, 0.25) is 11.6 Å². The molecule has 9 nitrogen and oxygen atoms in total. The van der Waals surface area contributed by atoms with Gasteiger partial charge < -0.3 is 14.7 Å². The zero-order valence-corrected chi connectivity index (χ0v) is 18.2. The minimum Gasteiger partial charge on any atom is -0.494 e. The Hall–Kier alpha value is -2.83. The first-order valence-corrected chi connectivity index (χ1v) is 10.9. The van der Waals surface area contributed by atoms with E-state index in [9.17, 15) is 20.0 Å². The first kappa shape index (κ1) is 21.9. The van der Waals surface area contributed by atoms with Crippen LogP contribution in [0.5, 0.6) is 5.88 Å². The van der Waals surface area contributed by atoms with Crippen molar-refractivity contribution < 1.29 is 24.5 Å². The van der Waals surface area contributed by atoms with Gasteiger partial charge in [-0.1, -0.05) is 5.16 Å². The number of carbonyl (C=O) groups is 1. The van der Waals surface area contributed by atoms with E-state index in [2.05, 4.69) is 5.16 Å². The van der Waals surface area contributed by atoms with Crippen LogP contribution < -0.4 is 0 Å². The Morgan fingerprint density at radius 1 is 1.47 bits per heavy atom. The third-order valence-corrected chi connectivity index (χ3v) is 6.63. The topological polar surface area (TPSA) is 132 Å². The summed E-state index contributed by atoms with van der Waals surface area (Å²) in [5.74, 6) is -0.786. The van der Waals surface area contributed by atoms with Crippen LogP contribution in [0.3, 0.4) is 0 Å². The van der Waals surface area contributed by atoms with Gasteiger partial charge in [-0.25, -0.2) is 0 Å². The molecule has 0 saturated heterocycles. The molecule has 0 atom stereocenters. The van der Waals surface area contributed by atoms with E-state index in [0.29, 0.717) is 28.2 Å². The van der Waals surface area contributed by atoms with Gasteiger partial charge in [-0.2, -0.15) is 0 Å². The molecule has 30 heavy (non-hydrogen) atoms. The van der Waals surface area contributed by atoms with Crippen molar-refractivity contribution in [3.05, 3.63) is 52.3 Å². The number of aryl methyl sites for hydroxylation is 1. The van der Waals surface area contributed by atoms with Gasteiger partial charge in [0.25, 0.3) is 0 Å². The fraction of sp³-hybridized carbons (Fsp3) is 0.278. The van der Waals surface area contributed by atoms with E-state index < -0.39 is 10.9 Å². The van der Waals surface area contributed by atoms with Gasteiger partial charge in [-0.3, -0.25) is 19.5 Å². The lowest BCUT2D eigenvalue weighted by atomic mass is 10.1. The smallest absolute Gasteiger partial charge is 0.338 e. The van der Waals surface area contributed by atoms with E-state index in [1.807, 2.05) is 11.4 Å². The number of nitrogens with zero attached hydrogens (tertiary/aromatic N) is 3. The highest BCUT2D eigenvalue weighted by molar-refractivity contribution is 7.73. The summed E-state index contributed by atoms with van der Waals surface area (Å²) < 4.78 is 7.06. The molecule has 0 radical (unpaired) electrons. The first-order chi connectivity index (χ1) is 14.3. The first-order valence-electron chi connectivity index (χ1n) is 8.76. The number of aliphatic carboxylic acids is 1. The molecule has 3 aromatic heterocycles. The fourth-order valence-corrected chi connectivity index (χ4v) is 5.05. The third-order valence-electron chi connectivity index (χ3n) is 4.27. The summed E-state index contributed by atoms with van der Waals surface area (Å²) in [6.45, 7) is 1.84. The molecule has 0 spiro atoms. The van der Waals surface area contributed by atoms with Crippen LogP contribution in [0.15, 0.2) is 16.0 Å². The Bertz CT molecular complexity index is 1170. The largest absolute Gasteiger partial charge is 0.494 e. The Morgan fingerprint density at radius 2 is 2.23 bits per heavy atom. The third kappa shape index (κ3) is 4.83. The predicted molar refractivity (Wildman–Crippen MR) is 116 cm³/mol. The second-order valence-corrected chi connectivity index (χ2v) is 9.00. The molecule has 0 saturated carbocycles. The average molecular weight is 468 g/mol. The monoisotopic (exact) mass is 467 g/mol. The molecule has 158 valence electrons. The van der Waals surface area contributed by atoms with Gasteiger partial charge in [0.05, 0.1) is 9.80 Å². The molecular weight excluding hydrogens is 450 g/mol. The predicted octanol–water partition coefficient (Wildman–Crippen LogP) is 4.88. The Kier molecular flexibility index (Phi) is 6.80. The van der Waals surface area contributed by atoms with Gasteiger partial charge >= 0.3 is 11.7 Å². The van der Waals surface area contributed by atoms with Crippen LogP contribution in [0.2, 0.25) is 0 Å². The van der Waals surface area contributed by atoms with Crippen molar-refractivity contribution in [3.63, 3.8) is 0 Å². The quantitative estimate of drug-likeness (QED) is 0.259. The fourth-order valence-electron chi connectivity index (χ4n) is 2.82. The minimum absolute atomic E-state index is 0.000879. The number of thiophene rings is 1. The van der Waals surface area contributed by atoms with E-state index >= 15 is 0 Å². The number of hydrogen-bond donors (Lipinski definition) is 2. The van der Waals surface area contributed by atoms with Gasteiger partial charge in [-0.05, 0) is 54.7 Å². The molecule has 0 aliphatic carbocycles. The van der Waals surface area contributed by atoms with E-state index in [4.69, 9.17) is 21.8 Å². The van der Waals surface area contributed by atoms with Crippen molar-refractivity contribution in [1.82, 2.24) is 9.72 Å². The molecule has 3 rings (SSSR count).